The average Bonchev–Trinajstić information content (AvgIpc) is 2.81. The van der Waals surface area contributed by atoms with Gasteiger partial charge in [-0.25, -0.2) is 4.79 Å². The zero-order chi connectivity index (χ0) is 15.6. The molecule has 0 radical (unpaired) electrons. The maximum absolute atomic E-state index is 12.3. The van der Waals surface area contributed by atoms with Crippen LogP contribution in [0.2, 0.25) is 5.02 Å². The molecular formula is C14H14ClN3O3. The van der Waals surface area contributed by atoms with Crippen LogP contribution in [0.4, 0.5) is 5.69 Å². The molecule has 2 rings (SSSR count). The van der Waals surface area contributed by atoms with Crippen molar-refractivity contribution in [1.82, 2.24) is 9.78 Å². The van der Waals surface area contributed by atoms with Crippen LogP contribution >= 0.6 is 11.6 Å². The maximum atomic E-state index is 12.3. The van der Waals surface area contributed by atoms with Crippen LogP contribution < -0.4 is 5.32 Å². The molecule has 7 heteroatoms. The first-order chi connectivity index (χ1) is 9.92. The predicted molar refractivity (Wildman–Crippen MR) is 79.0 cm³/mol. The van der Waals surface area contributed by atoms with Crippen LogP contribution in [-0.2, 0) is 6.54 Å². The van der Waals surface area contributed by atoms with E-state index in [0.29, 0.717) is 17.3 Å². The number of nitrogens with zero attached hydrogens (tertiary/aromatic N) is 2. The lowest BCUT2D eigenvalue weighted by atomic mass is 10.1. The van der Waals surface area contributed by atoms with Crippen LogP contribution in [0.15, 0.2) is 24.3 Å². The van der Waals surface area contributed by atoms with Gasteiger partial charge in [-0.3, -0.25) is 9.48 Å². The van der Waals surface area contributed by atoms with E-state index in [-0.39, 0.29) is 11.3 Å². The molecule has 0 unspecified atom stereocenters. The van der Waals surface area contributed by atoms with Crippen LogP contribution in [-0.4, -0.2) is 26.8 Å². The number of rotatable bonds is 4. The quantitative estimate of drug-likeness (QED) is 0.909. The third-order valence-corrected chi connectivity index (χ3v) is 3.13. The summed E-state index contributed by atoms with van der Waals surface area (Å²) < 4.78 is 1.56. The lowest BCUT2D eigenvalue weighted by molar-refractivity contribution is 0.0698. The van der Waals surface area contributed by atoms with Gasteiger partial charge in [-0.05, 0) is 38.1 Å². The number of benzene rings is 1. The molecular weight excluding hydrogens is 294 g/mol. The van der Waals surface area contributed by atoms with Gasteiger partial charge in [0, 0.05) is 11.6 Å². The van der Waals surface area contributed by atoms with Crippen LogP contribution in [0.3, 0.4) is 0 Å². The predicted octanol–water partition coefficient (Wildman–Crippen LogP) is 2.82. The van der Waals surface area contributed by atoms with E-state index in [1.54, 1.807) is 17.7 Å². The number of carbonyl (C=O) groups excluding carboxylic acids is 1. The molecule has 0 bridgehead atoms. The fourth-order valence-electron chi connectivity index (χ4n) is 1.96. The molecule has 0 spiro atoms. The van der Waals surface area contributed by atoms with Crippen LogP contribution in [0, 0.1) is 6.92 Å². The van der Waals surface area contributed by atoms with Crippen molar-refractivity contribution in [2.75, 3.05) is 5.32 Å². The normalized spacial score (nSPS) is 10.4. The summed E-state index contributed by atoms with van der Waals surface area (Å²) in [7, 11) is 0. The minimum Gasteiger partial charge on any atom is -0.478 e. The molecule has 1 heterocycles. The van der Waals surface area contributed by atoms with Gasteiger partial charge >= 0.3 is 5.97 Å². The summed E-state index contributed by atoms with van der Waals surface area (Å²) >= 11 is 5.78. The Hall–Kier alpha value is -2.34. The zero-order valence-corrected chi connectivity index (χ0v) is 12.3. The molecule has 0 atom stereocenters. The highest BCUT2D eigenvalue weighted by molar-refractivity contribution is 6.31. The van der Waals surface area contributed by atoms with Crippen molar-refractivity contribution >= 4 is 29.2 Å². The molecule has 1 aromatic carbocycles. The minimum absolute atomic E-state index is 0.0601. The second-order valence-electron chi connectivity index (χ2n) is 4.44. The van der Waals surface area contributed by atoms with Crippen molar-refractivity contribution in [2.45, 2.75) is 20.4 Å². The van der Waals surface area contributed by atoms with E-state index in [4.69, 9.17) is 16.7 Å². The number of aromatic carboxylic acids is 1. The Morgan fingerprint density at radius 2 is 2.10 bits per heavy atom. The molecule has 21 heavy (non-hydrogen) atoms. The molecule has 0 aliphatic carbocycles. The Balaban J connectivity index is 2.33. The van der Waals surface area contributed by atoms with Crippen molar-refractivity contribution in [2.24, 2.45) is 0 Å². The number of hydrogen-bond acceptors (Lipinski definition) is 3. The van der Waals surface area contributed by atoms with Gasteiger partial charge in [0.25, 0.3) is 5.91 Å². The number of hydrogen-bond donors (Lipinski definition) is 2. The van der Waals surface area contributed by atoms with E-state index in [1.165, 1.54) is 18.2 Å². The molecule has 110 valence electrons. The molecule has 0 aliphatic rings. The lowest BCUT2D eigenvalue weighted by Crippen LogP contribution is -2.19. The highest BCUT2D eigenvalue weighted by Crippen LogP contribution is 2.21. The van der Waals surface area contributed by atoms with Crippen molar-refractivity contribution in [3.8, 4) is 0 Å². The largest absolute Gasteiger partial charge is 0.478 e. The lowest BCUT2D eigenvalue weighted by Gasteiger charge is -2.09. The van der Waals surface area contributed by atoms with Crippen molar-refractivity contribution in [3.63, 3.8) is 0 Å². The standard InChI is InChI=1S/C14H14ClN3O3/c1-3-18-12(6-8(2)17-18)13(19)16-11-5-4-9(15)7-10(11)14(20)21/h4-7H,3H2,1-2H3,(H,16,19)(H,20,21). The second-order valence-corrected chi connectivity index (χ2v) is 4.87. The molecule has 1 aromatic heterocycles. The molecule has 2 N–H and O–H groups in total. The molecule has 0 saturated carbocycles. The number of aryl methyl sites for hydroxylation is 2. The summed E-state index contributed by atoms with van der Waals surface area (Å²) in [6, 6.07) is 5.92. The van der Waals surface area contributed by atoms with E-state index < -0.39 is 11.9 Å². The fraction of sp³-hybridized carbons (Fsp3) is 0.214. The summed E-state index contributed by atoms with van der Waals surface area (Å²) in [5.74, 6) is -1.57. The summed E-state index contributed by atoms with van der Waals surface area (Å²) in [6.07, 6.45) is 0. The van der Waals surface area contributed by atoms with Gasteiger partial charge in [-0.15, -0.1) is 0 Å². The molecule has 0 saturated heterocycles. The number of aromatic nitrogens is 2. The molecule has 2 aromatic rings. The number of halogens is 1. The van der Waals surface area contributed by atoms with Gasteiger partial charge < -0.3 is 10.4 Å². The topological polar surface area (TPSA) is 84.2 Å². The summed E-state index contributed by atoms with van der Waals surface area (Å²) in [5.41, 5.74) is 1.23. The molecule has 0 fully saturated rings. The van der Waals surface area contributed by atoms with E-state index >= 15 is 0 Å². The number of nitrogens with one attached hydrogen (secondary N) is 1. The van der Waals surface area contributed by atoms with Gasteiger partial charge in [0.2, 0.25) is 0 Å². The number of amides is 1. The molecule has 0 aliphatic heterocycles. The third kappa shape index (κ3) is 3.22. The summed E-state index contributed by atoms with van der Waals surface area (Å²) in [6.45, 7) is 4.20. The Bertz CT molecular complexity index is 709. The van der Waals surface area contributed by atoms with Gasteiger partial charge in [-0.2, -0.15) is 5.10 Å². The monoisotopic (exact) mass is 307 g/mol. The zero-order valence-electron chi connectivity index (χ0n) is 11.6. The van der Waals surface area contributed by atoms with Crippen molar-refractivity contribution < 1.29 is 14.7 Å². The average molecular weight is 308 g/mol. The first-order valence-corrected chi connectivity index (χ1v) is 6.68. The van der Waals surface area contributed by atoms with Crippen LogP contribution in [0.1, 0.15) is 33.5 Å². The highest BCUT2D eigenvalue weighted by atomic mass is 35.5. The number of carbonyl (C=O) groups is 2. The van der Waals surface area contributed by atoms with Gasteiger partial charge in [0.05, 0.1) is 16.9 Å². The van der Waals surface area contributed by atoms with E-state index in [1.807, 2.05) is 6.92 Å². The second kappa shape index (κ2) is 5.97. The number of carboxylic acid groups (broad SMARTS) is 1. The van der Waals surface area contributed by atoms with E-state index in [2.05, 4.69) is 10.4 Å². The highest BCUT2D eigenvalue weighted by Gasteiger charge is 2.17. The van der Waals surface area contributed by atoms with Gasteiger partial charge in [-0.1, -0.05) is 11.6 Å². The number of anilines is 1. The Morgan fingerprint density at radius 3 is 2.71 bits per heavy atom. The minimum atomic E-state index is -1.16. The van der Waals surface area contributed by atoms with Crippen molar-refractivity contribution in [1.29, 1.82) is 0 Å². The summed E-state index contributed by atoms with van der Waals surface area (Å²) in [5, 5.41) is 16.2. The van der Waals surface area contributed by atoms with E-state index in [9.17, 15) is 9.59 Å². The fourth-order valence-corrected chi connectivity index (χ4v) is 2.13. The summed E-state index contributed by atoms with van der Waals surface area (Å²) in [4.78, 5) is 23.5. The Morgan fingerprint density at radius 1 is 1.38 bits per heavy atom. The first kappa shape index (κ1) is 15.1. The first-order valence-electron chi connectivity index (χ1n) is 6.31. The van der Waals surface area contributed by atoms with Gasteiger partial charge in [0.1, 0.15) is 5.69 Å². The van der Waals surface area contributed by atoms with Crippen LogP contribution in [0.5, 0.6) is 0 Å². The number of carboxylic acids is 1. The SMILES string of the molecule is CCn1nc(C)cc1C(=O)Nc1ccc(Cl)cc1C(=O)O. The van der Waals surface area contributed by atoms with Crippen LogP contribution in [0.25, 0.3) is 0 Å². The smallest absolute Gasteiger partial charge is 0.337 e. The molecule has 1 amide bonds. The third-order valence-electron chi connectivity index (χ3n) is 2.89. The molecule has 6 nitrogen and oxygen atoms in total. The maximum Gasteiger partial charge on any atom is 0.337 e. The van der Waals surface area contributed by atoms with Gasteiger partial charge in [0.15, 0.2) is 0 Å². The van der Waals surface area contributed by atoms with Crippen molar-refractivity contribution in [3.05, 3.63) is 46.2 Å². The van der Waals surface area contributed by atoms with E-state index in [0.717, 1.165) is 5.69 Å². The Labute approximate surface area is 126 Å². The Kier molecular flexibility index (Phi) is 4.28.